The molecule has 0 aromatic heterocycles. The fourth-order valence-electron chi connectivity index (χ4n) is 2.85. The number of nitrogens with zero attached hydrogens (tertiary/aromatic N) is 1. The van der Waals surface area contributed by atoms with E-state index in [-0.39, 0.29) is 22.8 Å². The summed E-state index contributed by atoms with van der Waals surface area (Å²) in [4.78, 5) is 12.2. The van der Waals surface area contributed by atoms with Crippen LogP contribution in [0.5, 0.6) is 0 Å². The highest BCUT2D eigenvalue weighted by atomic mass is 32.2. The zero-order valence-corrected chi connectivity index (χ0v) is 17.2. The number of hydrogen-bond acceptors (Lipinski definition) is 4. The van der Waals surface area contributed by atoms with Crippen molar-refractivity contribution in [2.24, 2.45) is 0 Å². The third-order valence-corrected chi connectivity index (χ3v) is 6.40. The minimum atomic E-state index is -5.91. The molecule has 0 saturated heterocycles. The second-order valence-corrected chi connectivity index (χ2v) is 8.99. The number of hydrogen-bond donors (Lipinski definition) is 1. The van der Waals surface area contributed by atoms with Crippen molar-refractivity contribution in [3.05, 3.63) is 59.7 Å². The second-order valence-electron chi connectivity index (χ2n) is 6.71. The van der Waals surface area contributed by atoms with E-state index in [9.17, 15) is 39.6 Å². The first-order valence-corrected chi connectivity index (χ1v) is 10.6. The van der Waals surface area contributed by atoms with Gasteiger partial charge in [0.1, 0.15) is 0 Å². The van der Waals surface area contributed by atoms with Crippen molar-refractivity contribution in [1.29, 1.82) is 5.26 Å². The highest BCUT2D eigenvalue weighted by Gasteiger charge is 2.72. The molecule has 0 aliphatic heterocycles. The van der Waals surface area contributed by atoms with Gasteiger partial charge in [0.05, 0.1) is 23.1 Å². The van der Waals surface area contributed by atoms with Gasteiger partial charge in [-0.1, -0.05) is 31.2 Å². The van der Waals surface area contributed by atoms with Crippen LogP contribution in [0.25, 0.3) is 0 Å². The zero-order chi connectivity index (χ0) is 24.4. The number of alkyl halides is 6. The lowest BCUT2D eigenvalue weighted by molar-refractivity contribution is -0.283. The molecular weight excluding hydrogens is 462 g/mol. The molecule has 0 heterocycles. The molecule has 172 valence electrons. The molecule has 0 saturated carbocycles. The molecule has 0 bridgehead atoms. The molecule has 32 heavy (non-hydrogen) atoms. The van der Waals surface area contributed by atoms with E-state index < -0.39 is 39.1 Å². The topological polar surface area (TPSA) is 87.0 Å². The standard InChI is InChI=1S/C20H16F6N2O3S/c1-2-32(30,31)16-9-3-13(4-10-16)11-17(29)28-15-7-5-14(6-8-15)18(12-27,19(21,22)23)20(24,25)26/h3-10H,2,11H2,1H3,(H,28,29). The van der Waals surface area contributed by atoms with Gasteiger partial charge in [-0.2, -0.15) is 31.6 Å². The van der Waals surface area contributed by atoms with E-state index in [0.717, 1.165) is 12.1 Å². The summed E-state index contributed by atoms with van der Waals surface area (Å²) < 4.78 is 103. The van der Waals surface area contributed by atoms with Gasteiger partial charge in [0.2, 0.25) is 5.91 Å². The number of carbonyl (C=O) groups is 1. The summed E-state index contributed by atoms with van der Waals surface area (Å²) in [6.07, 6.45) is -12.0. The van der Waals surface area contributed by atoms with Gasteiger partial charge in [0.25, 0.3) is 5.41 Å². The molecule has 1 N–H and O–H groups in total. The predicted molar refractivity (Wildman–Crippen MR) is 102 cm³/mol. The second kappa shape index (κ2) is 8.82. The first-order chi connectivity index (χ1) is 14.7. The molecule has 1 amide bonds. The van der Waals surface area contributed by atoms with Crippen LogP contribution in [0.3, 0.4) is 0 Å². The van der Waals surface area contributed by atoms with Gasteiger partial charge < -0.3 is 5.32 Å². The molecular formula is C20H16F6N2O3S. The van der Waals surface area contributed by atoms with Crippen LogP contribution in [0.2, 0.25) is 0 Å². The number of nitriles is 1. The fourth-order valence-corrected chi connectivity index (χ4v) is 3.74. The lowest BCUT2D eigenvalue weighted by atomic mass is 9.80. The summed E-state index contributed by atoms with van der Waals surface area (Å²) in [5.41, 5.74) is -5.68. The van der Waals surface area contributed by atoms with Crippen molar-refractivity contribution >= 4 is 21.4 Å². The number of carbonyl (C=O) groups excluding carboxylic acids is 1. The number of anilines is 1. The molecule has 2 rings (SSSR count). The largest absolute Gasteiger partial charge is 0.420 e. The minimum absolute atomic E-state index is 0.0788. The Labute approximate surface area is 179 Å². The SMILES string of the molecule is CCS(=O)(=O)c1ccc(CC(=O)Nc2ccc(C(C#N)(C(F)(F)F)C(F)(F)F)cc2)cc1. The van der Waals surface area contributed by atoms with Gasteiger partial charge in [-0.05, 0) is 35.4 Å². The monoisotopic (exact) mass is 478 g/mol. The molecule has 0 spiro atoms. The third-order valence-electron chi connectivity index (χ3n) is 4.65. The molecule has 0 atom stereocenters. The molecule has 0 aliphatic rings. The molecule has 2 aromatic carbocycles. The van der Waals surface area contributed by atoms with Crippen molar-refractivity contribution in [1.82, 2.24) is 0 Å². The lowest BCUT2D eigenvalue weighted by Gasteiger charge is -2.31. The van der Waals surface area contributed by atoms with Crippen molar-refractivity contribution in [2.45, 2.75) is 36.0 Å². The van der Waals surface area contributed by atoms with Crippen LogP contribution in [0.15, 0.2) is 53.4 Å². The maximum absolute atomic E-state index is 13.2. The summed E-state index contributed by atoms with van der Waals surface area (Å²) in [5, 5.41) is 11.1. The molecule has 0 radical (unpaired) electrons. The number of amides is 1. The maximum Gasteiger partial charge on any atom is 0.420 e. The van der Waals surface area contributed by atoms with Crippen LogP contribution >= 0.6 is 0 Å². The van der Waals surface area contributed by atoms with Crippen LogP contribution in [0, 0.1) is 11.3 Å². The third kappa shape index (κ3) is 4.88. The highest BCUT2D eigenvalue weighted by molar-refractivity contribution is 7.91. The Morgan fingerprint density at radius 2 is 1.44 bits per heavy atom. The Kier molecular flexibility index (Phi) is 6.94. The van der Waals surface area contributed by atoms with E-state index in [0.29, 0.717) is 23.8 Å². The highest BCUT2D eigenvalue weighted by Crippen LogP contribution is 2.51. The average Bonchev–Trinajstić information content (AvgIpc) is 2.68. The van der Waals surface area contributed by atoms with Crippen molar-refractivity contribution in [3.8, 4) is 6.07 Å². The van der Waals surface area contributed by atoms with Crippen molar-refractivity contribution in [3.63, 3.8) is 0 Å². The number of benzene rings is 2. The first kappa shape index (κ1) is 25.2. The van der Waals surface area contributed by atoms with Gasteiger partial charge in [-0.25, -0.2) is 8.42 Å². The number of halogens is 6. The zero-order valence-electron chi connectivity index (χ0n) is 16.4. The summed E-state index contributed by atoms with van der Waals surface area (Å²) >= 11 is 0. The van der Waals surface area contributed by atoms with Gasteiger partial charge in [0.15, 0.2) is 9.84 Å². The Hall–Kier alpha value is -3.07. The predicted octanol–water partition coefficient (Wildman–Crippen LogP) is 4.55. The maximum atomic E-state index is 13.2. The smallest absolute Gasteiger partial charge is 0.326 e. The van der Waals surface area contributed by atoms with Crippen LogP contribution < -0.4 is 5.32 Å². The van der Waals surface area contributed by atoms with E-state index >= 15 is 0 Å². The van der Waals surface area contributed by atoms with Crippen molar-refractivity contribution in [2.75, 3.05) is 11.1 Å². The average molecular weight is 478 g/mol. The number of nitrogens with one attached hydrogen (secondary N) is 1. The molecule has 0 aliphatic carbocycles. The van der Waals surface area contributed by atoms with E-state index in [4.69, 9.17) is 5.26 Å². The summed E-state index contributed by atoms with van der Waals surface area (Å²) in [6, 6.07) is 8.43. The van der Waals surface area contributed by atoms with Gasteiger partial charge in [0, 0.05) is 5.69 Å². The summed E-state index contributed by atoms with van der Waals surface area (Å²) in [6.45, 7) is 1.48. The normalized spacial score (nSPS) is 12.8. The fraction of sp³-hybridized carbons (Fsp3) is 0.300. The van der Waals surface area contributed by atoms with Crippen LogP contribution in [-0.2, 0) is 26.5 Å². The van der Waals surface area contributed by atoms with E-state index in [2.05, 4.69) is 5.32 Å². The Balaban J connectivity index is 2.19. The minimum Gasteiger partial charge on any atom is -0.326 e. The first-order valence-electron chi connectivity index (χ1n) is 8.94. The molecule has 2 aromatic rings. The quantitative estimate of drug-likeness (QED) is 0.618. The van der Waals surface area contributed by atoms with Crippen LogP contribution in [0.4, 0.5) is 32.0 Å². The number of sulfone groups is 1. The summed E-state index contributed by atoms with van der Waals surface area (Å²) in [7, 11) is -3.42. The van der Waals surface area contributed by atoms with E-state index in [1.165, 1.54) is 31.2 Å². The van der Waals surface area contributed by atoms with E-state index in [1.807, 2.05) is 0 Å². The Morgan fingerprint density at radius 3 is 1.84 bits per heavy atom. The van der Waals surface area contributed by atoms with E-state index in [1.54, 1.807) is 0 Å². The number of rotatable bonds is 6. The molecule has 12 heteroatoms. The van der Waals surface area contributed by atoms with Crippen molar-refractivity contribution < 1.29 is 39.6 Å². The Morgan fingerprint density at radius 1 is 0.938 bits per heavy atom. The van der Waals surface area contributed by atoms with Gasteiger partial charge >= 0.3 is 12.4 Å². The molecule has 0 fully saturated rings. The summed E-state index contributed by atoms with van der Waals surface area (Å²) in [5.74, 6) is -0.736. The Bertz CT molecular complexity index is 1100. The van der Waals surface area contributed by atoms with Gasteiger partial charge in [-0.15, -0.1) is 0 Å². The van der Waals surface area contributed by atoms with Gasteiger partial charge in [-0.3, -0.25) is 4.79 Å². The molecule has 0 unspecified atom stereocenters. The lowest BCUT2D eigenvalue weighted by Crippen LogP contribution is -2.52. The van der Waals surface area contributed by atoms with Crippen LogP contribution in [-0.4, -0.2) is 32.4 Å². The molecule has 5 nitrogen and oxygen atoms in total. The van der Waals surface area contributed by atoms with Crippen LogP contribution in [0.1, 0.15) is 18.1 Å².